The molecule has 0 aliphatic rings. The molecule has 14 heavy (non-hydrogen) atoms. The lowest BCUT2D eigenvalue weighted by Gasteiger charge is -2.06. The standard InChI is InChI=1S/C12H13FO/c1-3-12(4-2)14-9-10-6-5-7-11(13)8-10/h3-8H,1,9H2,2H3/b12-4+. The van der Waals surface area contributed by atoms with Crippen LogP contribution in [0.25, 0.3) is 0 Å². The van der Waals surface area contributed by atoms with Crippen molar-refractivity contribution in [2.45, 2.75) is 13.5 Å². The highest BCUT2D eigenvalue weighted by Gasteiger charge is 1.96. The van der Waals surface area contributed by atoms with E-state index in [-0.39, 0.29) is 5.82 Å². The van der Waals surface area contributed by atoms with Crippen LogP contribution in [0.2, 0.25) is 0 Å². The van der Waals surface area contributed by atoms with Gasteiger partial charge in [0.25, 0.3) is 0 Å². The number of halogens is 1. The number of benzene rings is 1. The van der Waals surface area contributed by atoms with Gasteiger partial charge in [-0.2, -0.15) is 0 Å². The zero-order valence-corrected chi connectivity index (χ0v) is 8.16. The van der Waals surface area contributed by atoms with E-state index in [1.165, 1.54) is 12.1 Å². The van der Waals surface area contributed by atoms with Gasteiger partial charge in [-0.25, -0.2) is 4.39 Å². The summed E-state index contributed by atoms with van der Waals surface area (Å²) in [5.74, 6) is 0.459. The van der Waals surface area contributed by atoms with Crippen molar-refractivity contribution in [2.75, 3.05) is 0 Å². The molecule has 0 aliphatic carbocycles. The summed E-state index contributed by atoms with van der Waals surface area (Å²) in [7, 11) is 0. The van der Waals surface area contributed by atoms with Crippen molar-refractivity contribution in [1.82, 2.24) is 0 Å². The Bertz CT molecular complexity index is 342. The van der Waals surface area contributed by atoms with Gasteiger partial charge < -0.3 is 4.74 Å². The number of rotatable bonds is 4. The molecule has 0 spiro atoms. The van der Waals surface area contributed by atoms with Crippen molar-refractivity contribution < 1.29 is 9.13 Å². The minimum Gasteiger partial charge on any atom is -0.489 e. The van der Waals surface area contributed by atoms with E-state index in [1.807, 2.05) is 19.1 Å². The van der Waals surface area contributed by atoms with E-state index in [0.717, 1.165) is 5.56 Å². The van der Waals surface area contributed by atoms with E-state index < -0.39 is 0 Å². The third-order valence-electron chi connectivity index (χ3n) is 1.78. The molecule has 0 amide bonds. The molecule has 74 valence electrons. The Labute approximate surface area is 83.5 Å². The first kappa shape index (κ1) is 10.5. The summed E-state index contributed by atoms with van der Waals surface area (Å²) in [6, 6.07) is 6.35. The predicted molar refractivity (Wildman–Crippen MR) is 55.1 cm³/mol. The lowest BCUT2D eigenvalue weighted by molar-refractivity contribution is 0.210. The van der Waals surface area contributed by atoms with Gasteiger partial charge in [0, 0.05) is 0 Å². The van der Waals surface area contributed by atoms with Gasteiger partial charge in [0.2, 0.25) is 0 Å². The summed E-state index contributed by atoms with van der Waals surface area (Å²) in [5.41, 5.74) is 0.811. The van der Waals surface area contributed by atoms with E-state index in [0.29, 0.717) is 12.4 Å². The fraction of sp³-hybridized carbons (Fsp3) is 0.167. The summed E-state index contributed by atoms with van der Waals surface area (Å²) in [5, 5.41) is 0. The number of allylic oxidation sites excluding steroid dienone is 2. The van der Waals surface area contributed by atoms with Crippen molar-refractivity contribution in [3.05, 3.63) is 60.1 Å². The van der Waals surface area contributed by atoms with Gasteiger partial charge >= 0.3 is 0 Å². The highest BCUT2D eigenvalue weighted by Crippen LogP contribution is 2.08. The van der Waals surface area contributed by atoms with Crippen LogP contribution in [0.3, 0.4) is 0 Å². The quantitative estimate of drug-likeness (QED) is 0.524. The number of hydrogen-bond donors (Lipinski definition) is 0. The molecule has 0 aliphatic heterocycles. The van der Waals surface area contributed by atoms with Crippen LogP contribution in [0.5, 0.6) is 0 Å². The van der Waals surface area contributed by atoms with E-state index in [9.17, 15) is 4.39 Å². The smallest absolute Gasteiger partial charge is 0.123 e. The molecule has 1 aromatic carbocycles. The Kier molecular flexibility index (Phi) is 3.92. The van der Waals surface area contributed by atoms with Crippen molar-refractivity contribution in [1.29, 1.82) is 0 Å². The van der Waals surface area contributed by atoms with Gasteiger partial charge in [-0.3, -0.25) is 0 Å². The Morgan fingerprint density at radius 3 is 2.93 bits per heavy atom. The highest BCUT2D eigenvalue weighted by atomic mass is 19.1. The van der Waals surface area contributed by atoms with Crippen LogP contribution >= 0.6 is 0 Å². The van der Waals surface area contributed by atoms with Crippen molar-refractivity contribution in [3.63, 3.8) is 0 Å². The van der Waals surface area contributed by atoms with Crippen LogP contribution in [0.4, 0.5) is 4.39 Å². The molecular weight excluding hydrogens is 179 g/mol. The van der Waals surface area contributed by atoms with Gasteiger partial charge in [0.05, 0.1) is 0 Å². The predicted octanol–water partition coefficient (Wildman–Crippen LogP) is 3.43. The Hall–Kier alpha value is -1.57. The first-order valence-electron chi connectivity index (χ1n) is 4.42. The Balaban J connectivity index is 2.57. The molecule has 0 bridgehead atoms. The largest absolute Gasteiger partial charge is 0.489 e. The lowest BCUT2D eigenvalue weighted by atomic mass is 10.2. The van der Waals surface area contributed by atoms with Gasteiger partial charge in [-0.15, -0.1) is 0 Å². The second-order valence-corrected chi connectivity index (χ2v) is 2.81. The Morgan fingerprint density at radius 2 is 2.36 bits per heavy atom. The van der Waals surface area contributed by atoms with Gasteiger partial charge in [-0.1, -0.05) is 18.7 Å². The molecule has 0 radical (unpaired) electrons. The maximum atomic E-state index is 12.8. The molecular formula is C12H13FO. The average molecular weight is 192 g/mol. The first-order valence-corrected chi connectivity index (χ1v) is 4.42. The summed E-state index contributed by atoms with van der Waals surface area (Å²) >= 11 is 0. The Morgan fingerprint density at radius 1 is 1.57 bits per heavy atom. The second kappa shape index (κ2) is 5.22. The van der Waals surface area contributed by atoms with Crippen LogP contribution < -0.4 is 0 Å². The number of ether oxygens (including phenoxy) is 1. The lowest BCUT2D eigenvalue weighted by Crippen LogP contribution is -1.91. The molecule has 2 heteroatoms. The van der Waals surface area contributed by atoms with Gasteiger partial charge in [-0.05, 0) is 36.8 Å². The molecule has 0 fully saturated rings. The molecule has 1 rings (SSSR count). The van der Waals surface area contributed by atoms with E-state index in [1.54, 1.807) is 12.1 Å². The van der Waals surface area contributed by atoms with Crippen molar-refractivity contribution in [2.24, 2.45) is 0 Å². The fourth-order valence-electron chi connectivity index (χ4n) is 1.05. The molecule has 0 saturated heterocycles. The summed E-state index contributed by atoms with van der Waals surface area (Å²) < 4.78 is 18.1. The second-order valence-electron chi connectivity index (χ2n) is 2.81. The number of hydrogen-bond acceptors (Lipinski definition) is 1. The molecule has 0 saturated carbocycles. The third kappa shape index (κ3) is 3.05. The first-order chi connectivity index (χ1) is 6.76. The topological polar surface area (TPSA) is 9.23 Å². The highest BCUT2D eigenvalue weighted by molar-refractivity contribution is 5.16. The monoisotopic (exact) mass is 192 g/mol. The molecule has 0 heterocycles. The third-order valence-corrected chi connectivity index (χ3v) is 1.78. The van der Waals surface area contributed by atoms with Crippen LogP contribution in [-0.4, -0.2) is 0 Å². The minimum absolute atomic E-state index is 0.244. The summed E-state index contributed by atoms with van der Waals surface area (Å²) in [6.45, 7) is 5.82. The molecule has 1 nitrogen and oxygen atoms in total. The maximum Gasteiger partial charge on any atom is 0.123 e. The summed E-state index contributed by atoms with van der Waals surface area (Å²) in [6.07, 6.45) is 3.44. The molecule has 0 unspecified atom stereocenters. The SMILES string of the molecule is C=C/C(=C\C)OCc1cccc(F)c1. The van der Waals surface area contributed by atoms with E-state index in [2.05, 4.69) is 6.58 Å². The molecule has 0 atom stereocenters. The zero-order chi connectivity index (χ0) is 10.4. The van der Waals surface area contributed by atoms with E-state index >= 15 is 0 Å². The molecule has 0 aromatic heterocycles. The van der Waals surface area contributed by atoms with E-state index in [4.69, 9.17) is 4.74 Å². The van der Waals surface area contributed by atoms with Crippen molar-refractivity contribution in [3.8, 4) is 0 Å². The summed E-state index contributed by atoms with van der Waals surface area (Å²) in [4.78, 5) is 0. The van der Waals surface area contributed by atoms with Crippen LogP contribution in [0.15, 0.2) is 48.8 Å². The molecule has 1 aromatic rings. The zero-order valence-electron chi connectivity index (χ0n) is 8.16. The maximum absolute atomic E-state index is 12.8. The minimum atomic E-state index is -0.244. The molecule has 0 N–H and O–H groups in total. The van der Waals surface area contributed by atoms with Gasteiger partial charge in [0.1, 0.15) is 18.2 Å². The van der Waals surface area contributed by atoms with Crippen LogP contribution in [0.1, 0.15) is 12.5 Å². The fourth-order valence-corrected chi connectivity index (χ4v) is 1.05. The average Bonchev–Trinajstić information content (AvgIpc) is 2.19. The van der Waals surface area contributed by atoms with Crippen molar-refractivity contribution >= 4 is 0 Å². The van der Waals surface area contributed by atoms with Crippen LogP contribution in [-0.2, 0) is 11.3 Å². The normalized spacial score (nSPS) is 11.1. The van der Waals surface area contributed by atoms with Crippen LogP contribution in [0, 0.1) is 5.82 Å². The van der Waals surface area contributed by atoms with Gasteiger partial charge in [0.15, 0.2) is 0 Å².